The van der Waals surface area contributed by atoms with Crippen LogP contribution in [0.3, 0.4) is 0 Å². The molecule has 0 aliphatic carbocycles. The second-order valence-electron chi connectivity index (χ2n) is 5.51. The molecule has 0 aliphatic heterocycles. The largest absolute Gasteiger partial charge is 0.267 e. The Balaban J connectivity index is 1.75. The molecular weight excluding hydrogens is 434 g/mol. The van der Waals surface area contributed by atoms with Crippen LogP contribution in [0.15, 0.2) is 63.3 Å². The number of anilines is 1. The number of thiophene rings is 1. The fourth-order valence-electron chi connectivity index (χ4n) is 2.45. The van der Waals surface area contributed by atoms with Crippen LogP contribution in [0.1, 0.15) is 6.92 Å². The molecule has 1 aromatic carbocycles. The number of hydrogen-bond acceptors (Lipinski definition) is 8. The average molecular weight is 450 g/mol. The van der Waals surface area contributed by atoms with Crippen molar-refractivity contribution in [1.82, 2.24) is 20.0 Å². The minimum atomic E-state index is -3.89. The molecule has 11 heteroatoms. The minimum Gasteiger partial charge on any atom is -0.253 e. The third kappa shape index (κ3) is 3.97. The normalized spacial score (nSPS) is 11.6. The summed E-state index contributed by atoms with van der Waals surface area (Å²) in [4.78, 5) is 0.869. The van der Waals surface area contributed by atoms with Crippen LogP contribution in [0, 0.1) is 0 Å². The van der Waals surface area contributed by atoms with Crippen LogP contribution < -0.4 is 4.72 Å². The molecule has 0 amide bonds. The first-order valence-corrected chi connectivity index (χ1v) is 12.4. The van der Waals surface area contributed by atoms with Crippen LogP contribution in [0.5, 0.6) is 0 Å². The molecule has 0 atom stereocenters. The first kappa shape index (κ1) is 19.1. The SMILES string of the molecule is CCSc1nnc(NS(=O)(=O)c2cn(-c3ccccc3)nc2-c2cccs2)s1. The monoisotopic (exact) mass is 449 g/mol. The van der Waals surface area contributed by atoms with Crippen molar-refractivity contribution in [3.8, 4) is 16.3 Å². The fourth-order valence-corrected chi connectivity index (χ4v) is 6.26. The van der Waals surface area contributed by atoms with E-state index in [2.05, 4.69) is 20.0 Å². The molecule has 28 heavy (non-hydrogen) atoms. The van der Waals surface area contributed by atoms with Gasteiger partial charge in [-0.05, 0) is 29.3 Å². The van der Waals surface area contributed by atoms with E-state index in [9.17, 15) is 8.42 Å². The van der Waals surface area contributed by atoms with Crippen LogP contribution in [0.2, 0.25) is 0 Å². The molecule has 144 valence electrons. The van der Waals surface area contributed by atoms with Gasteiger partial charge in [0.05, 0.1) is 16.8 Å². The molecule has 0 fully saturated rings. The van der Waals surface area contributed by atoms with E-state index in [1.807, 2.05) is 54.8 Å². The second-order valence-corrected chi connectivity index (χ2v) is 10.6. The number of nitrogens with zero attached hydrogens (tertiary/aromatic N) is 4. The van der Waals surface area contributed by atoms with Gasteiger partial charge in [0.25, 0.3) is 10.0 Å². The van der Waals surface area contributed by atoms with Crippen LogP contribution in [0.4, 0.5) is 5.13 Å². The highest BCUT2D eigenvalue weighted by Gasteiger charge is 2.26. The van der Waals surface area contributed by atoms with Gasteiger partial charge < -0.3 is 0 Å². The third-order valence-corrected chi connectivity index (χ3v) is 7.84. The third-order valence-electron chi connectivity index (χ3n) is 3.64. The molecule has 1 N–H and O–H groups in total. The Morgan fingerprint density at radius 3 is 2.68 bits per heavy atom. The van der Waals surface area contributed by atoms with Crippen molar-refractivity contribution in [2.75, 3.05) is 10.5 Å². The number of hydrogen-bond donors (Lipinski definition) is 1. The van der Waals surface area contributed by atoms with E-state index in [0.717, 1.165) is 20.7 Å². The average Bonchev–Trinajstić information content (AvgIpc) is 3.43. The summed E-state index contributed by atoms with van der Waals surface area (Å²) in [5.74, 6) is 0.841. The number of thioether (sulfide) groups is 1. The molecule has 0 saturated heterocycles. The summed E-state index contributed by atoms with van der Waals surface area (Å²) in [7, 11) is -3.89. The lowest BCUT2D eigenvalue weighted by molar-refractivity contribution is 0.601. The first-order chi connectivity index (χ1) is 13.6. The molecule has 7 nitrogen and oxygen atoms in total. The van der Waals surface area contributed by atoms with E-state index >= 15 is 0 Å². The molecule has 0 saturated carbocycles. The minimum absolute atomic E-state index is 0.0960. The molecular formula is C17H15N5O2S4. The topological polar surface area (TPSA) is 89.8 Å². The van der Waals surface area contributed by atoms with Gasteiger partial charge in [-0.25, -0.2) is 13.1 Å². The maximum Gasteiger partial charge on any atom is 0.267 e. The number of sulfonamides is 1. The van der Waals surface area contributed by atoms with Crippen LogP contribution in [-0.2, 0) is 10.0 Å². The first-order valence-electron chi connectivity index (χ1n) is 8.25. The highest BCUT2D eigenvalue weighted by atomic mass is 32.2. The summed E-state index contributed by atoms with van der Waals surface area (Å²) >= 11 is 4.16. The zero-order valence-corrected chi connectivity index (χ0v) is 17.9. The Labute approximate surface area is 174 Å². The number of para-hydroxylation sites is 1. The summed E-state index contributed by atoms with van der Waals surface area (Å²) in [5, 5.41) is 14.6. The van der Waals surface area contributed by atoms with E-state index in [-0.39, 0.29) is 10.0 Å². The summed E-state index contributed by atoms with van der Waals surface area (Å²) in [6.07, 6.45) is 1.52. The van der Waals surface area contributed by atoms with Crippen molar-refractivity contribution < 1.29 is 8.42 Å². The lowest BCUT2D eigenvalue weighted by atomic mass is 10.3. The molecule has 4 rings (SSSR count). The molecule has 4 aromatic rings. The lowest BCUT2D eigenvalue weighted by Crippen LogP contribution is -2.13. The quantitative estimate of drug-likeness (QED) is 0.422. The number of aromatic nitrogens is 4. The highest BCUT2D eigenvalue weighted by molar-refractivity contribution is 8.01. The molecule has 0 radical (unpaired) electrons. The molecule has 0 aliphatic rings. The maximum atomic E-state index is 13.1. The van der Waals surface area contributed by atoms with Crippen molar-refractivity contribution in [2.24, 2.45) is 0 Å². The molecule has 0 unspecified atom stereocenters. The van der Waals surface area contributed by atoms with E-state index in [0.29, 0.717) is 5.69 Å². The van der Waals surface area contributed by atoms with E-state index in [1.165, 1.54) is 40.6 Å². The summed E-state index contributed by atoms with van der Waals surface area (Å²) in [6, 6.07) is 13.1. The molecule has 0 bridgehead atoms. The van der Waals surface area contributed by atoms with Gasteiger partial charge in [-0.3, -0.25) is 4.72 Å². The molecule has 0 spiro atoms. The predicted molar refractivity (Wildman–Crippen MR) is 114 cm³/mol. The number of rotatable bonds is 7. The molecule has 3 heterocycles. The molecule has 3 aromatic heterocycles. The van der Waals surface area contributed by atoms with Gasteiger partial charge in [-0.15, -0.1) is 21.5 Å². The van der Waals surface area contributed by atoms with Crippen molar-refractivity contribution >= 4 is 49.6 Å². The van der Waals surface area contributed by atoms with Crippen LogP contribution >= 0.6 is 34.4 Å². The van der Waals surface area contributed by atoms with E-state index < -0.39 is 10.0 Å². The van der Waals surface area contributed by atoms with Crippen LogP contribution in [-0.4, -0.2) is 34.1 Å². The van der Waals surface area contributed by atoms with Gasteiger partial charge in [0, 0.05) is 0 Å². The number of benzene rings is 1. The van der Waals surface area contributed by atoms with E-state index in [4.69, 9.17) is 0 Å². The van der Waals surface area contributed by atoms with E-state index in [1.54, 1.807) is 4.68 Å². The van der Waals surface area contributed by atoms with Crippen molar-refractivity contribution in [1.29, 1.82) is 0 Å². The van der Waals surface area contributed by atoms with Gasteiger partial charge in [0.2, 0.25) is 5.13 Å². The summed E-state index contributed by atoms with van der Waals surface area (Å²) in [5.41, 5.74) is 1.18. The zero-order chi connectivity index (χ0) is 19.6. The number of nitrogens with one attached hydrogen (secondary N) is 1. The summed E-state index contributed by atoms with van der Waals surface area (Å²) in [6.45, 7) is 2.00. The fraction of sp³-hybridized carbons (Fsp3) is 0.118. The standard InChI is InChI=1S/C17H15N5O2S4/c1-2-25-17-19-18-16(27-17)21-28(23,24)14-11-22(12-7-4-3-5-8-12)20-15(14)13-9-6-10-26-13/h3-11H,2H2,1H3,(H,18,21). The van der Waals surface area contributed by atoms with Crippen molar-refractivity contribution in [3.63, 3.8) is 0 Å². The maximum absolute atomic E-state index is 13.1. The Kier molecular flexibility index (Phi) is 5.49. The van der Waals surface area contributed by atoms with Gasteiger partial charge in [0.15, 0.2) is 4.34 Å². The highest BCUT2D eigenvalue weighted by Crippen LogP contribution is 2.33. The predicted octanol–water partition coefficient (Wildman–Crippen LogP) is 4.37. The zero-order valence-electron chi connectivity index (χ0n) is 14.6. The van der Waals surface area contributed by atoms with Crippen molar-refractivity contribution in [3.05, 3.63) is 54.0 Å². The Bertz CT molecular complexity index is 1170. The lowest BCUT2D eigenvalue weighted by Gasteiger charge is -2.03. The smallest absolute Gasteiger partial charge is 0.253 e. The Hall–Kier alpha value is -2.21. The van der Waals surface area contributed by atoms with Crippen molar-refractivity contribution in [2.45, 2.75) is 16.2 Å². The van der Waals surface area contributed by atoms with Crippen LogP contribution in [0.25, 0.3) is 16.3 Å². The summed E-state index contributed by atoms with van der Waals surface area (Å²) < 4.78 is 31.0. The van der Waals surface area contributed by atoms with Gasteiger partial charge >= 0.3 is 0 Å². The second kappa shape index (κ2) is 8.03. The Morgan fingerprint density at radius 1 is 1.14 bits per heavy atom. The van der Waals surface area contributed by atoms with Gasteiger partial charge in [0.1, 0.15) is 10.6 Å². The van der Waals surface area contributed by atoms with Gasteiger partial charge in [-0.1, -0.05) is 54.3 Å². The van der Waals surface area contributed by atoms with Gasteiger partial charge in [-0.2, -0.15) is 5.10 Å². The Morgan fingerprint density at radius 2 is 1.96 bits per heavy atom.